The van der Waals surface area contributed by atoms with E-state index in [0.29, 0.717) is 16.8 Å². The summed E-state index contributed by atoms with van der Waals surface area (Å²) >= 11 is 5.99. The largest absolute Gasteiger partial charge is 0.503 e. The number of phenols is 1. The molecule has 0 aromatic heterocycles. The van der Waals surface area contributed by atoms with Gasteiger partial charge >= 0.3 is 0 Å². The van der Waals surface area contributed by atoms with Crippen molar-refractivity contribution >= 4 is 11.6 Å². The first-order valence-electron chi connectivity index (χ1n) is 6.29. The van der Waals surface area contributed by atoms with Crippen LogP contribution in [0, 0.1) is 0 Å². The summed E-state index contributed by atoms with van der Waals surface area (Å²) in [5.41, 5.74) is 1.05. The lowest BCUT2D eigenvalue weighted by Crippen LogP contribution is -2.31. The van der Waals surface area contributed by atoms with Crippen molar-refractivity contribution < 1.29 is 9.84 Å². The Morgan fingerprint density at radius 3 is 2.56 bits per heavy atom. The first-order valence-corrected chi connectivity index (χ1v) is 6.66. The number of halogens is 1. The second-order valence-electron chi connectivity index (χ2n) is 4.69. The van der Waals surface area contributed by atoms with E-state index in [1.807, 2.05) is 6.07 Å². The van der Waals surface area contributed by atoms with Crippen molar-refractivity contribution in [3.63, 3.8) is 0 Å². The number of aromatic hydroxyl groups is 1. The summed E-state index contributed by atoms with van der Waals surface area (Å²) in [6.45, 7) is 8.37. The van der Waals surface area contributed by atoms with Crippen LogP contribution in [0.3, 0.4) is 0 Å². The van der Waals surface area contributed by atoms with Gasteiger partial charge in [0.1, 0.15) is 0 Å². The van der Waals surface area contributed by atoms with E-state index in [2.05, 4.69) is 25.7 Å². The molecule has 3 nitrogen and oxygen atoms in total. The van der Waals surface area contributed by atoms with Crippen LogP contribution in [0.2, 0.25) is 5.02 Å². The highest BCUT2D eigenvalue weighted by Crippen LogP contribution is 2.35. The van der Waals surface area contributed by atoms with Crippen molar-refractivity contribution in [1.82, 2.24) is 4.90 Å². The summed E-state index contributed by atoms with van der Waals surface area (Å²) in [5.74, 6) is 0.437. The Kier molecular flexibility index (Phi) is 5.76. The molecule has 0 aliphatic carbocycles. The van der Waals surface area contributed by atoms with Crippen LogP contribution < -0.4 is 4.74 Å². The second kappa shape index (κ2) is 6.86. The highest BCUT2D eigenvalue weighted by Gasteiger charge is 2.13. The van der Waals surface area contributed by atoms with E-state index >= 15 is 0 Å². The minimum Gasteiger partial charge on any atom is -0.503 e. The number of hydrogen-bond donors (Lipinski definition) is 1. The average molecular weight is 272 g/mol. The number of ether oxygens (including phenoxy) is 1. The van der Waals surface area contributed by atoms with Gasteiger partial charge in [-0.05, 0) is 44.5 Å². The lowest BCUT2D eigenvalue weighted by atomic mass is 10.1. The molecule has 0 saturated heterocycles. The molecule has 18 heavy (non-hydrogen) atoms. The summed E-state index contributed by atoms with van der Waals surface area (Å²) < 4.78 is 5.12. The molecule has 0 radical (unpaired) electrons. The molecule has 1 N–H and O–H groups in total. The van der Waals surface area contributed by atoms with E-state index in [4.69, 9.17) is 16.3 Å². The maximum absolute atomic E-state index is 9.70. The number of hydrogen-bond acceptors (Lipinski definition) is 3. The lowest BCUT2D eigenvalue weighted by Gasteiger charge is -2.26. The van der Waals surface area contributed by atoms with Gasteiger partial charge in [0.2, 0.25) is 0 Å². The fourth-order valence-corrected chi connectivity index (χ4v) is 2.15. The monoisotopic (exact) mass is 271 g/mol. The Bertz CT molecular complexity index is 394. The molecule has 0 aliphatic heterocycles. The fraction of sp³-hybridized carbons (Fsp3) is 0.571. The number of benzene rings is 1. The highest BCUT2D eigenvalue weighted by atomic mass is 35.5. The van der Waals surface area contributed by atoms with E-state index < -0.39 is 0 Å². The second-order valence-corrected chi connectivity index (χ2v) is 5.10. The summed E-state index contributed by atoms with van der Waals surface area (Å²) in [5, 5.41) is 10.0. The molecule has 1 rings (SSSR count). The van der Waals surface area contributed by atoms with Gasteiger partial charge in [-0.3, -0.25) is 4.90 Å². The number of methoxy groups -OCH3 is 1. The van der Waals surface area contributed by atoms with Gasteiger partial charge in [-0.25, -0.2) is 0 Å². The van der Waals surface area contributed by atoms with Gasteiger partial charge in [-0.2, -0.15) is 0 Å². The summed E-state index contributed by atoms with van der Waals surface area (Å²) in [4.78, 5) is 2.36. The molecule has 4 heteroatoms. The van der Waals surface area contributed by atoms with Crippen molar-refractivity contribution in [3.8, 4) is 11.5 Å². The van der Waals surface area contributed by atoms with Crippen molar-refractivity contribution in [1.29, 1.82) is 0 Å². The van der Waals surface area contributed by atoms with E-state index in [9.17, 15) is 5.11 Å². The van der Waals surface area contributed by atoms with Crippen molar-refractivity contribution in [2.45, 2.75) is 39.8 Å². The zero-order valence-corrected chi connectivity index (χ0v) is 12.3. The molecule has 0 spiro atoms. The molecular weight excluding hydrogens is 250 g/mol. The van der Waals surface area contributed by atoms with Crippen molar-refractivity contribution in [2.75, 3.05) is 13.7 Å². The van der Waals surface area contributed by atoms with E-state index in [0.717, 1.165) is 25.1 Å². The minimum absolute atomic E-state index is 0.00880. The van der Waals surface area contributed by atoms with E-state index in [1.165, 1.54) is 7.11 Å². The smallest absolute Gasteiger partial charge is 0.176 e. The molecule has 0 amide bonds. The van der Waals surface area contributed by atoms with Crippen molar-refractivity contribution in [3.05, 3.63) is 22.7 Å². The number of rotatable bonds is 6. The molecule has 1 aromatic rings. The van der Waals surface area contributed by atoms with Crippen LogP contribution in [0.25, 0.3) is 0 Å². The Balaban J connectivity index is 2.92. The predicted octanol–water partition coefficient (Wildman–Crippen LogP) is 3.67. The van der Waals surface area contributed by atoms with Gasteiger partial charge in [0, 0.05) is 12.6 Å². The van der Waals surface area contributed by atoms with Gasteiger partial charge in [0.05, 0.1) is 12.1 Å². The first kappa shape index (κ1) is 15.1. The predicted molar refractivity (Wildman–Crippen MR) is 75.5 cm³/mol. The third-order valence-corrected chi connectivity index (χ3v) is 3.22. The zero-order chi connectivity index (χ0) is 13.7. The normalized spacial score (nSPS) is 11.3. The summed E-state index contributed by atoms with van der Waals surface area (Å²) in [7, 11) is 1.53. The molecule has 0 atom stereocenters. The molecule has 1 aromatic carbocycles. The summed E-state index contributed by atoms with van der Waals surface area (Å²) in [6, 6.07) is 4.11. The van der Waals surface area contributed by atoms with Crippen LogP contribution in [-0.2, 0) is 6.54 Å². The van der Waals surface area contributed by atoms with Gasteiger partial charge in [0.15, 0.2) is 11.5 Å². The molecule has 0 bridgehead atoms. The van der Waals surface area contributed by atoms with E-state index in [-0.39, 0.29) is 5.75 Å². The molecule has 0 saturated carbocycles. The molecule has 0 heterocycles. The Hall–Kier alpha value is -0.930. The molecule has 0 aliphatic rings. The van der Waals surface area contributed by atoms with Crippen LogP contribution in [0.1, 0.15) is 32.8 Å². The highest BCUT2D eigenvalue weighted by molar-refractivity contribution is 6.32. The standard InChI is InChI=1S/C14H22ClNO2/c1-5-6-16(10(2)3)9-11-7-12(15)14(17)13(8-11)18-4/h7-8,10,17H,5-6,9H2,1-4H3. The average Bonchev–Trinajstić information content (AvgIpc) is 2.32. The Morgan fingerprint density at radius 1 is 1.39 bits per heavy atom. The van der Waals surface area contributed by atoms with Gasteiger partial charge < -0.3 is 9.84 Å². The fourth-order valence-electron chi connectivity index (χ4n) is 1.92. The molecule has 102 valence electrons. The SMILES string of the molecule is CCCN(Cc1cc(Cl)c(O)c(OC)c1)C(C)C. The number of phenolic OH excluding ortho intramolecular Hbond substituents is 1. The number of nitrogens with zero attached hydrogens (tertiary/aromatic N) is 1. The molecular formula is C14H22ClNO2. The van der Waals surface area contributed by atoms with E-state index in [1.54, 1.807) is 6.07 Å². The topological polar surface area (TPSA) is 32.7 Å². The zero-order valence-electron chi connectivity index (χ0n) is 11.5. The van der Waals surface area contributed by atoms with Crippen LogP contribution in [0.4, 0.5) is 0 Å². The Morgan fingerprint density at radius 2 is 2.06 bits per heavy atom. The summed E-state index contributed by atoms with van der Waals surface area (Å²) in [6.07, 6.45) is 1.11. The maximum atomic E-state index is 9.70. The molecule has 0 unspecified atom stereocenters. The third-order valence-electron chi connectivity index (χ3n) is 2.93. The van der Waals surface area contributed by atoms with Gasteiger partial charge in [-0.15, -0.1) is 0 Å². The maximum Gasteiger partial charge on any atom is 0.176 e. The van der Waals surface area contributed by atoms with Crippen LogP contribution >= 0.6 is 11.6 Å². The minimum atomic E-state index is 0.00880. The Labute approximate surface area is 114 Å². The van der Waals surface area contributed by atoms with Gasteiger partial charge in [0.25, 0.3) is 0 Å². The molecule has 0 fully saturated rings. The quantitative estimate of drug-likeness (QED) is 0.857. The van der Waals surface area contributed by atoms with Crippen LogP contribution in [0.15, 0.2) is 12.1 Å². The van der Waals surface area contributed by atoms with Crippen LogP contribution in [0.5, 0.6) is 11.5 Å². The third kappa shape index (κ3) is 3.79. The van der Waals surface area contributed by atoms with Gasteiger partial charge in [-0.1, -0.05) is 18.5 Å². The first-order chi connectivity index (χ1) is 8.49. The van der Waals surface area contributed by atoms with Crippen LogP contribution in [-0.4, -0.2) is 29.7 Å². The lowest BCUT2D eigenvalue weighted by molar-refractivity contribution is 0.213. The van der Waals surface area contributed by atoms with Crippen molar-refractivity contribution in [2.24, 2.45) is 0 Å².